The Kier molecular flexibility index (Phi) is 1.09. The lowest BCUT2D eigenvalue weighted by molar-refractivity contribution is 0.423. The van der Waals surface area contributed by atoms with Crippen LogP contribution in [0.15, 0.2) is 0 Å². The van der Waals surface area contributed by atoms with Crippen molar-refractivity contribution in [2.24, 2.45) is 0 Å². The molecular formula is CH7O3PS. The fraction of sp³-hybridized carbons (Fsp3) is 1.00. The van der Waals surface area contributed by atoms with Crippen LogP contribution in [-0.2, 0) is 9.25 Å². The molecule has 3 nitrogen and oxygen atoms in total. The molecular weight excluding hydrogens is 123 g/mol. The van der Waals surface area contributed by atoms with Gasteiger partial charge in [0.2, 0.25) is 0 Å². The lowest BCUT2D eigenvalue weighted by Gasteiger charge is -2.16. The molecule has 0 rings (SSSR count). The molecule has 0 aromatic heterocycles. The summed E-state index contributed by atoms with van der Waals surface area (Å²) in [5.74, 6) is 0. The van der Waals surface area contributed by atoms with Gasteiger partial charge in [-0.25, -0.2) is 4.21 Å². The summed E-state index contributed by atoms with van der Waals surface area (Å²) < 4.78 is 26.0. The van der Waals surface area contributed by atoms with Gasteiger partial charge in [0.05, 0.1) is 9.25 Å². The molecule has 0 saturated heterocycles. The second kappa shape index (κ2) is 1.01. The lowest BCUT2D eigenvalue weighted by atomic mass is 12.0. The molecule has 0 heterocycles. The first-order valence-corrected chi connectivity index (χ1v) is 4.94. The highest BCUT2D eigenvalue weighted by Crippen LogP contribution is 2.18. The van der Waals surface area contributed by atoms with Crippen molar-refractivity contribution >= 4 is 17.7 Å². The van der Waals surface area contributed by atoms with Gasteiger partial charge in [0.15, 0.2) is 0 Å². The summed E-state index contributed by atoms with van der Waals surface area (Å²) >= 11 is 0. The molecule has 1 atom stereocenters. The predicted molar refractivity (Wildman–Crippen MR) is 29.0 cm³/mol. The maximum atomic E-state index is 9.86. The highest BCUT2D eigenvalue weighted by atomic mass is 32.8. The highest BCUT2D eigenvalue weighted by molar-refractivity contribution is 8.50. The normalized spacial score (nSPS) is 19.0. The van der Waals surface area contributed by atoms with Crippen molar-refractivity contribution in [2.45, 2.75) is 0 Å². The van der Waals surface area contributed by atoms with Crippen molar-refractivity contribution in [1.29, 1.82) is 0 Å². The van der Waals surface area contributed by atoms with Gasteiger partial charge in [0, 0.05) is 6.26 Å². The number of hydrogen-bond acceptors (Lipinski definition) is 1. The summed E-state index contributed by atoms with van der Waals surface area (Å²) in [6, 6.07) is 0. The van der Waals surface area contributed by atoms with Crippen molar-refractivity contribution in [2.75, 3.05) is 6.26 Å². The van der Waals surface area contributed by atoms with E-state index >= 15 is 0 Å². The van der Waals surface area contributed by atoms with E-state index in [9.17, 15) is 4.21 Å². The van der Waals surface area contributed by atoms with Crippen LogP contribution in [0.4, 0.5) is 0 Å². The summed E-state index contributed by atoms with van der Waals surface area (Å²) in [4.78, 5) is 0. The van der Waals surface area contributed by atoms with E-state index in [1.54, 1.807) is 0 Å². The summed E-state index contributed by atoms with van der Waals surface area (Å²) in [7, 11) is -2.75. The maximum Gasteiger partial charge on any atom is 0.0898 e. The summed E-state index contributed by atoms with van der Waals surface area (Å²) in [6.45, 7) is 0. The minimum atomic E-state index is -4.18. The molecule has 0 aromatic carbocycles. The van der Waals surface area contributed by atoms with Crippen molar-refractivity contribution in [3.05, 3.63) is 0 Å². The molecule has 0 saturated carbocycles. The minimum absolute atomic E-state index is 0.835. The Hall–Kier alpha value is 0.500. The van der Waals surface area contributed by atoms with Crippen LogP contribution < -0.4 is 0 Å². The van der Waals surface area contributed by atoms with E-state index < -0.39 is 9.25 Å². The molecule has 6 heavy (non-hydrogen) atoms. The van der Waals surface area contributed by atoms with Gasteiger partial charge in [-0.2, -0.15) is 0 Å². The Morgan fingerprint density at radius 1 is 1.67 bits per heavy atom. The van der Waals surface area contributed by atoms with Crippen LogP contribution in [0.3, 0.4) is 0 Å². The molecule has 0 spiro atoms. The molecule has 0 aliphatic rings. The van der Waals surface area contributed by atoms with Crippen LogP contribution >= 0.6 is 8.44 Å². The van der Waals surface area contributed by atoms with Crippen LogP contribution in [-0.4, -0.2) is 19.6 Å². The van der Waals surface area contributed by atoms with Crippen molar-refractivity contribution in [3.63, 3.8) is 0 Å². The van der Waals surface area contributed by atoms with E-state index in [-0.39, 0.29) is 0 Å². The molecule has 0 aromatic rings. The predicted octanol–water partition coefficient (Wildman–Crippen LogP) is 0.172. The third-order valence-electron chi connectivity index (χ3n) is 0. The van der Waals surface area contributed by atoms with E-state index in [2.05, 4.69) is 0 Å². The Morgan fingerprint density at radius 2 is 1.67 bits per heavy atom. The molecule has 1 unspecified atom stereocenters. The standard InChI is InChI=1S/CH7O3PS/c1-6(2,3,4)5/h5H2,1H3,(H2,2,3,4). The molecule has 40 valence electrons. The van der Waals surface area contributed by atoms with Crippen LogP contribution in [0.2, 0.25) is 0 Å². The summed E-state index contributed by atoms with van der Waals surface area (Å²) in [5.41, 5.74) is 0. The smallest absolute Gasteiger partial charge is 0.0898 e. The van der Waals surface area contributed by atoms with Gasteiger partial charge in [0.25, 0.3) is 0 Å². The van der Waals surface area contributed by atoms with Gasteiger partial charge in [-0.05, 0) is 8.44 Å². The zero-order valence-corrected chi connectivity index (χ0v) is 5.26. The first kappa shape index (κ1) is 6.50. The molecule has 0 bridgehead atoms. The Balaban J connectivity index is 4.16. The van der Waals surface area contributed by atoms with Crippen molar-refractivity contribution in [1.82, 2.24) is 0 Å². The zero-order valence-electron chi connectivity index (χ0n) is 3.29. The Bertz CT molecular complexity index is 88.5. The number of rotatable bonds is 0. The van der Waals surface area contributed by atoms with E-state index in [4.69, 9.17) is 9.11 Å². The second-order valence-electron chi connectivity index (χ2n) is 1.31. The largest absolute Gasteiger partial charge is 0.305 e. The molecule has 0 radical (unpaired) electrons. The molecule has 0 aliphatic carbocycles. The monoisotopic (exact) mass is 130 g/mol. The zero-order chi connectivity index (χ0) is 5.45. The van der Waals surface area contributed by atoms with Crippen LogP contribution in [0.5, 0.6) is 0 Å². The van der Waals surface area contributed by atoms with Crippen LogP contribution in [0.25, 0.3) is 0 Å². The topological polar surface area (TPSA) is 57.5 Å². The fourth-order valence-corrected chi connectivity index (χ4v) is 0. The van der Waals surface area contributed by atoms with Crippen molar-refractivity contribution < 1.29 is 13.3 Å². The lowest BCUT2D eigenvalue weighted by Crippen LogP contribution is -2.17. The van der Waals surface area contributed by atoms with E-state index in [1.807, 2.05) is 0 Å². The quantitative estimate of drug-likeness (QED) is 0.459. The number of hydrogen-bond donors (Lipinski definition) is 2. The summed E-state index contributed by atoms with van der Waals surface area (Å²) in [5, 5.41) is 0. The van der Waals surface area contributed by atoms with Gasteiger partial charge in [-0.1, -0.05) is 0 Å². The average molecular weight is 130 g/mol. The molecule has 0 fully saturated rings. The Morgan fingerprint density at radius 3 is 1.67 bits per heavy atom. The minimum Gasteiger partial charge on any atom is -0.305 e. The van der Waals surface area contributed by atoms with Gasteiger partial charge in [0.1, 0.15) is 0 Å². The van der Waals surface area contributed by atoms with E-state index in [0.29, 0.717) is 0 Å². The third-order valence-corrected chi connectivity index (χ3v) is 0. The van der Waals surface area contributed by atoms with Gasteiger partial charge in [-0.15, -0.1) is 0 Å². The van der Waals surface area contributed by atoms with Gasteiger partial charge in [-0.3, -0.25) is 0 Å². The molecule has 2 N–H and O–H groups in total. The van der Waals surface area contributed by atoms with Gasteiger partial charge >= 0.3 is 0 Å². The molecule has 5 heteroatoms. The van der Waals surface area contributed by atoms with Gasteiger partial charge < -0.3 is 9.11 Å². The van der Waals surface area contributed by atoms with E-state index in [1.165, 1.54) is 8.44 Å². The summed E-state index contributed by atoms with van der Waals surface area (Å²) in [6.07, 6.45) is 0.835. The van der Waals surface area contributed by atoms with E-state index in [0.717, 1.165) is 6.26 Å². The van der Waals surface area contributed by atoms with Crippen molar-refractivity contribution in [3.8, 4) is 0 Å². The first-order valence-electron chi connectivity index (χ1n) is 1.18. The third kappa shape index (κ3) is 221. The maximum absolute atomic E-state index is 9.86. The first-order chi connectivity index (χ1) is 2.24. The highest BCUT2D eigenvalue weighted by Gasteiger charge is 2.10. The SMILES string of the molecule is CS(=O)(O)(O)P. The molecule has 0 amide bonds. The van der Waals surface area contributed by atoms with Crippen LogP contribution in [0.1, 0.15) is 0 Å². The second-order valence-corrected chi connectivity index (χ2v) is 7.17. The van der Waals surface area contributed by atoms with Crippen LogP contribution in [0, 0.1) is 0 Å². The fourth-order valence-electron chi connectivity index (χ4n) is 0. The Labute approximate surface area is 38.1 Å². The molecule has 0 aliphatic heterocycles. The average Bonchev–Trinajstić information content (AvgIpc) is 0.650.